The van der Waals surface area contributed by atoms with Crippen molar-refractivity contribution in [3.63, 3.8) is 0 Å². The summed E-state index contributed by atoms with van der Waals surface area (Å²) in [7, 11) is -3.76. The fraction of sp³-hybridized carbons (Fsp3) is 0.188. The average molecular weight is 337 g/mol. The summed E-state index contributed by atoms with van der Waals surface area (Å²) in [5, 5.41) is 0. The molecule has 2 rings (SSSR count). The van der Waals surface area contributed by atoms with Crippen molar-refractivity contribution in [3.8, 4) is 0 Å². The van der Waals surface area contributed by atoms with Gasteiger partial charge < -0.3 is 4.74 Å². The zero-order valence-electron chi connectivity index (χ0n) is 12.5. The lowest BCUT2D eigenvalue weighted by Gasteiger charge is -2.08. The van der Waals surface area contributed by atoms with E-state index in [1.54, 1.807) is 12.1 Å². The fourth-order valence-electron chi connectivity index (χ4n) is 1.75. The van der Waals surface area contributed by atoms with Gasteiger partial charge in [0, 0.05) is 0 Å². The summed E-state index contributed by atoms with van der Waals surface area (Å²) in [4.78, 5) is 11.7. The van der Waals surface area contributed by atoms with Crippen molar-refractivity contribution in [3.05, 3.63) is 65.5 Å². The standard InChI is InChI=1S/C16H16FNO4S/c1-12-2-8-15(9-3-12)23(20,21)18-10-16(19)22-11-13-4-6-14(17)7-5-13/h2-9,18H,10-11H2,1H3. The van der Waals surface area contributed by atoms with E-state index in [0.29, 0.717) is 5.56 Å². The van der Waals surface area contributed by atoms with Gasteiger partial charge in [-0.15, -0.1) is 0 Å². The number of esters is 1. The maximum absolute atomic E-state index is 12.7. The molecule has 2 aromatic carbocycles. The van der Waals surface area contributed by atoms with Gasteiger partial charge in [0.05, 0.1) is 4.90 Å². The number of rotatable bonds is 6. The molecule has 122 valence electrons. The topological polar surface area (TPSA) is 72.5 Å². The van der Waals surface area contributed by atoms with E-state index in [-0.39, 0.29) is 17.3 Å². The van der Waals surface area contributed by atoms with E-state index in [9.17, 15) is 17.6 Å². The molecule has 0 amide bonds. The fourth-order valence-corrected chi connectivity index (χ4v) is 2.72. The van der Waals surface area contributed by atoms with Gasteiger partial charge in [-0.2, -0.15) is 4.72 Å². The maximum Gasteiger partial charge on any atom is 0.321 e. The van der Waals surface area contributed by atoms with Crippen LogP contribution in [0.25, 0.3) is 0 Å². The molecular formula is C16H16FNO4S. The highest BCUT2D eigenvalue weighted by molar-refractivity contribution is 7.89. The van der Waals surface area contributed by atoms with Gasteiger partial charge in [0.15, 0.2) is 0 Å². The molecule has 0 aromatic heterocycles. The molecule has 0 unspecified atom stereocenters. The third-order valence-corrected chi connectivity index (χ3v) is 4.47. The number of aryl methyl sites for hydroxylation is 1. The molecule has 0 aliphatic carbocycles. The summed E-state index contributed by atoms with van der Waals surface area (Å²) in [6, 6.07) is 11.7. The molecule has 0 saturated heterocycles. The first kappa shape index (κ1) is 17.1. The Kier molecular flexibility index (Phi) is 5.46. The van der Waals surface area contributed by atoms with Crippen LogP contribution in [-0.2, 0) is 26.2 Å². The smallest absolute Gasteiger partial charge is 0.321 e. The van der Waals surface area contributed by atoms with E-state index in [1.165, 1.54) is 36.4 Å². The molecule has 5 nitrogen and oxygen atoms in total. The highest BCUT2D eigenvalue weighted by Crippen LogP contribution is 2.09. The predicted molar refractivity (Wildman–Crippen MR) is 82.6 cm³/mol. The van der Waals surface area contributed by atoms with Crippen LogP contribution in [0.3, 0.4) is 0 Å². The first-order valence-corrected chi connectivity index (χ1v) is 8.31. The normalized spacial score (nSPS) is 11.2. The lowest BCUT2D eigenvalue weighted by atomic mass is 10.2. The Bertz CT molecular complexity index is 771. The Morgan fingerprint density at radius 3 is 2.30 bits per heavy atom. The van der Waals surface area contributed by atoms with Gasteiger partial charge in [-0.05, 0) is 36.8 Å². The molecule has 0 aliphatic heterocycles. The van der Waals surface area contributed by atoms with Gasteiger partial charge in [0.25, 0.3) is 0 Å². The van der Waals surface area contributed by atoms with Crippen molar-refractivity contribution in [2.24, 2.45) is 0 Å². The summed E-state index contributed by atoms with van der Waals surface area (Å²) in [6.07, 6.45) is 0. The number of hydrogen-bond donors (Lipinski definition) is 1. The van der Waals surface area contributed by atoms with Crippen LogP contribution in [0, 0.1) is 12.7 Å². The van der Waals surface area contributed by atoms with Crippen LogP contribution in [0.5, 0.6) is 0 Å². The molecular weight excluding hydrogens is 321 g/mol. The number of hydrogen-bond acceptors (Lipinski definition) is 4. The predicted octanol–water partition coefficient (Wildman–Crippen LogP) is 2.16. The number of sulfonamides is 1. The van der Waals surface area contributed by atoms with Gasteiger partial charge in [-0.3, -0.25) is 4.79 Å². The van der Waals surface area contributed by atoms with E-state index >= 15 is 0 Å². The van der Waals surface area contributed by atoms with Crippen LogP contribution in [0.1, 0.15) is 11.1 Å². The summed E-state index contributed by atoms with van der Waals surface area (Å²) in [5.41, 5.74) is 1.55. The van der Waals surface area contributed by atoms with Crippen molar-refractivity contribution in [2.45, 2.75) is 18.4 Å². The van der Waals surface area contributed by atoms with Crippen LogP contribution < -0.4 is 4.72 Å². The zero-order chi connectivity index (χ0) is 16.9. The number of carbonyl (C=O) groups is 1. The zero-order valence-corrected chi connectivity index (χ0v) is 13.3. The highest BCUT2D eigenvalue weighted by Gasteiger charge is 2.15. The van der Waals surface area contributed by atoms with E-state index in [2.05, 4.69) is 4.72 Å². The SMILES string of the molecule is Cc1ccc(S(=O)(=O)NCC(=O)OCc2ccc(F)cc2)cc1. The Labute approximate surface area is 134 Å². The molecule has 0 saturated carbocycles. The molecule has 2 aromatic rings. The lowest BCUT2D eigenvalue weighted by molar-refractivity contribution is -0.143. The molecule has 0 atom stereocenters. The minimum absolute atomic E-state index is 0.0502. The van der Waals surface area contributed by atoms with E-state index in [0.717, 1.165) is 5.56 Å². The molecule has 0 fully saturated rings. The Hall–Kier alpha value is -2.25. The lowest BCUT2D eigenvalue weighted by Crippen LogP contribution is -2.30. The molecule has 7 heteroatoms. The molecule has 0 heterocycles. The van der Waals surface area contributed by atoms with Gasteiger partial charge in [0.2, 0.25) is 10.0 Å². The van der Waals surface area contributed by atoms with Crippen LogP contribution in [0.15, 0.2) is 53.4 Å². The second-order valence-electron chi connectivity index (χ2n) is 4.92. The number of benzene rings is 2. The summed E-state index contributed by atoms with van der Waals surface area (Å²) < 4.78 is 43.8. The van der Waals surface area contributed by atoms with Gasteiger partial charge in [-0.1, -0.05) is 29.8 Å². The Morgan fingerprint density at radius 1 is 1.09 bits per heavy atom. The summed E-state index contributed by atoms with van der Waals surface area (Å²) in [5.74, 6) is -1.10. The quantitative estimate of drug-likeness (QED) is 0.820. The van der Waals surface area contributed by atoms with Crippen molar-refractivity contribution in [1.29, 1.82) is 0 Å². The first-order chi connectivity index (χ1) is 10.9. The third kappa shape index (κ3) is 5.15. The minimum Gasteiger partial charge on any atom is -0.460 e. The van der Waals surface area contributed by atoms with Crippen LogP contribution >= 0.6 is 0 Å². The monoisotopic (exact) mass is 337 g/mol. The molecule has 0 spiro atoms. The van der Waals surface area contributed by atoms with E-state index in [4.69, 9.17) is 4.74 Å². The van der Waals surface area contributed by atoms with Gasteiger partial charge in [0.1, 0.15) is 19.0 Å². The summed E-state index contributed by atoms with van der Waals surface area (Å²) in [6.45, 7) is 1.32. The third-order valence-electron chi connectivity index (χ3n) is 3.05. The summed E-state index contributed by atoms with van der Waals surface area (Å²) >= 11 is 0. The van der Waals surface area contributed by atoms with E-state index < -0.39 is 22.5 Å². The number of carbonyl (C=O) groups excluding carboxylic acids is 1. The minimum atomic E-state index is -3.76. The van der Waals surface area contributed by atoms with Gasteiger partial charge >= 0.3 is 5.97 Å². The molecule has 0 bridgehead atoms. The van der Waals surface area contributed by atoms with Crippen LogP contribution in [0.2, 0.25) is 0 Å². The largest absolute Gasteiger partial charge is 0.460 e. The Balaban J connectivity index is 1.86. The van der Waals surface area contributed by atoms with Crippen molar-refractivity contribution in [2.75, 3.05) is 6.54 Å². The van der Waals surface area contributed by atoms with E-state index in [1.807, 2.05) is 6.92 Å². The molecule has 0 radical (unpaired) electrons. The van der Waals surface area contributed by atoms with Crippen LogP contribution in [-0.4, -0.2) is 20.9 Å². The number of halogens is 1. The maximum atomic E-state index is 12.7. The molecule has 1 N–H and O–H groups in total. The highest BCUT2D eigenvalue weighted by atomic mass is 32.2. The number of nitrogens with one attached hydrogen (secondary N) is 1. The second kappa shape index (κ2) is 7.34. The Morgan fingerprint density at radius 2 is 1.70 bits per heavy atom. The van der Waals surface area contributed by atoms with Gasteiger partial charge in [-0.25, -0.2) is 12.8 Å². The average Bonchev–Trinajstić information content (AvgIpc) is 2.53. The molecule has 0 aliphatic rings. The second-order valence-corrected chi connectivity index (χ2v) is 6.69. The van der Waals surface area contributed by atoms with Crippen molar-refractivity contribution in [1.82, 2.24) is 4.72 Å². The number of ether oxygens (including phenoxy) is 1. The first-order valence-electron chi connectivity index (χ1n) is 6.83. The van der Waals surface area contributed by atoms with Crippen molar-refractivity contribution < 1.29 is 22.3 Å². The van der Waals surface area contributed by atoms with Crippen LogP contribution in [0.4, 0.5) is 4.39 Å². The van der Waals surface area contributed by atoms with Crippen molar-refractivity contribution >= 4 is 16.0 Å². The molecule has 23 heavy (non-hydrogen) atoms.